The van der Waals surface area contributed by atoms with Gasteiger partial charge in [-0.15, -0.1) is 0 Å². The maximum absolute atomic E-state index is 11.7. The maximum atomic E-state index is 11.7. The molecule has 92 valence electrons. The van der Waals surface area contributed by atoms with Gasteiger partial charge < -0.3 is 21.1 Å². The molecule has 0 spiro atoms. The fraction of sp³-hybridized carbons (Fsp3) is 0.800. The molecular weight excluding hydrogens is 210 g/mol. The van der Waals surface area contributed by atoms with E-state index in [0.29, 0.717) is 12.8 Å². The highest BCUT2D eigenvalue weighted by Gasteiger charge is 2.34. The van der Waals surface area contributed by atoms with Gasteiger partial charge >= 0.3 is 6.09 Å². The third-order valence-corrected chi connectivity index (χ3v) is 2.90. The maximum Gasteiger partial charge on any atom is 0.404 e. The van der Waals surface area contributed by atoms with Crippen LogP contribution in [0.1, 0.15) is 19.3 Å². The molecule has 0 heterocycles. The second-order valence-electron chi connectivity index (χ2n) is 4.38. The van der Waals surface area contributed by atoms with Gasteiger partial charge in [0, 0.05) is 26.1 Å². The Morgan fingerprint density at radius 1 is 1.31 bits per heavy atom. The Morgan fingerprint density at radius 2 is 1.94 bits per heavy atom. The van der Waals surface area contributed by atoms with Crippen LogP contribution < -0.4 is 11.5 Å². The van der Waals surface area contributed by atoms with Gasteiger partial charge in [0.2, 0.25) is 5.91 Å². The Kier molecular flexibility index (Phi) is 4.12. The topological polar surface area (TPSA) is 98.7 Å². The van der Waals surface area contributed by atoms with Gasteiger partial charge in [0.25, 0.3) is 0 Å². The first-order valence-electron chi connectivity index (χ1n) is 5.34. The zero-order valence-corrected chi connectivity index (χ0v) is 9.68. The molecule has 1 aliphatic carbocycles. The molecule has 0 unspecified atom stereocenters. The van der Waals surface area contributed by atoms with Crippen molar-refractivity contribution in [3.63, 3.8) is 0 Å². The molecule has 0 bridgehead atoms. The summed E-state index contributed by atoms with van der Waals surface area (Å²) < 4.78 is 4.91. The van der Waals surface area contributed by atoms with Crippen LogP contribution in [0.15, 0.2) is 0 Å². The molecule has 3 atom stereocenters. The number of nitrogens with two attached hydrogens (primary N) is 2. The van der Waals surface area contributed by atoms with Crippen molar-refractivity contribution in [2.75, 3.05) is 14.1 Å². The van der Waals surface area contributed by atoms with Crippen molar-refractivity contribution >= 4 is 12.0 Å². The van der Waals surface area contributed by atoms with Gasteiger partial charge in [0.1, 0.15) is 6.10 Å². The average molecular weight is 229 g/mol. The summed E-state index contributed by atoms with van der Waals surface area (Å²) in [6.07, 6.45) is 0.582. The van der Waals surface area contributed by atoms with E-state index in [1.807, 2.05) is 0 Å². The van der Waals surface area contributed by atoms with Crippen LogP contribution in [-0.4, -0.2) is 43.1 Å². The van der Waals surface area contributed by atoms with E-state index in [1.165, 1.54) is 0 Å². The summed E-state index contributed by atoms with van der Waals surface area (Å²) in [5.74, 6) is -0.0795. The molecule has 0 aliphatic heterocycles. The highest BCUT2D eigenvalue weighted by molar-refractivity contribution is 5.78. The lowest BCUT2D eigenvalue weighted by Gasteiger charge is -2.33. The molecule has 0 aromatic rings. The summed E-state index contributed by atoms with van der Waals surface area (Å²) in [6.45, 7) is 0. The van der Waals surface area contributed by atoms with Crippen molar-refractivity contribution in [2.45, 2.75) is 31.4 Å². The van der Waals surface area contributed by atoms with E-state index >= 15 is 0 Å². The van der Waals surface area contributed by atoms with Gasteiger partial charge in [0.05, 0.1) is 0 Å². The highest BCUT2D eigenvalue weighted by atomic mass is 16.6. The summed E-state index contributed by atoms with van der Waals surface area (Å²) in [7, 11) is 3.42. The minimum Gasteiger partial charge on any atom is -0.445 e. The van der Waals surface area contributed by atoms with Crippen molar-refractivity contribution in [3.8, 4) is 0 Å². The Morgan fingerprint density at radius 3 is 2.44 bits per heavy atom. The summed E-state index contributed by atoms with van der Waals surface area (Å²) >= 11 is 0. The lowest BCUT2D eigenvalue weighted by atomic mass is 9.83. The number of amides is 2. The third kappa shape index (κ3) is 3.10. The Bertz CT molecular complexity index is 280. The summed E-state index contributed by atoms with van der Waals surface area (Å²) in [4.78, 5) is 24.0. The largest absolute Gasteiger partial charge is 0.445 e. The first kappa shape index (κ1) is 12.8. The van der Waals surface area contributed by atoms with E-state index in [1.54, 1.807) is 19.0 Å². The number of nitrogens with zero attached hydrogens (tertiary/aromatic N) is 1. The van der Waals surface area contributed by atoms with Crippen molar-refractivity contribution < 1.29 is 14.3 Å². The van der Waals surface area contributed by atoms with Crippen molar-refractivity contribution in [1.29, 1.82) is 0 Å². The normalized spacial score (nSPS) is 29.6. The Balaban J connectivity index is 2.60. The molecule has 1 rings (SSSR count). The standard InChI is InChI=1S/C10H19N3O3/c1-13(2)9(14)6-3-4-7(11)8(5-6)16-10(12)15/h6-8H,3-5,11H2,1-2H3,(H2,12,15)/t6-,7-,8+/m0/s1. The lowest BCUT2D eigenvalue weighted by molar-refractivity contribution is -0.135. The van der Waals surface area contributed by atoms with Crippen LogP contribution in [0.5, 0.6) is 0 Å². The molecule has 0 aromatic heterocycles. The first-order valence-corrected chi connectivity index (χ1v) is 5.34. The molecule has 6 heteroatoms. The van der Waals surface area contributed by atoms with Crippen LogP contribution in [0.25, 0.3) is 0 Å². The van der Waals surface area contributed by atoms with E-state index in [-0.39, 0.29) is 17.9 Å². The molecule has 0 aromatic carbocycles. The molecule has 0 saturated heterocycles. The second-order valence-corrected chi connectivity index (χ2v) is 4.38. The zero-order chi connectivity index (χ0) is 12.3. The van der Waals surface area contributed by atoms with Crippen LogP contribution in [0.3, 0.4) is 0 Å². The fourth-order valence-electron chi connectivity index (χ4n) is 2.03. The van der Waals surface area contributed by atoms with E-state index < -0.39 is 12.2 Å². The van der Waals surface area contributed by atoms with Gasteiger partial charge in [0.15, 0.2) is 0 Å². The van der Waals surface area contributed by atoms with Crippen molar-refractivity contribution in [1.82, 2.24) is 4.90 Å². The summed E-state index contributed by atoms with van der Waals surface area (Å²) in [6, 6.07) is -0.223. The number of primary amides is 1. The van der Waals surface area contributed by atoms with E-state index in [9.17, 15) is 9.59 Å². The number of hydrogen-bond acceptors (Lipinski definition) is 4. The fourth-order valence-corrected chi connectivity index (χ4v) is 2.03. The van der Waals surface area contributed by atoms with Gasteiger partial charge in [-0.2, -0.15) is 0 Å². The van der Waals surface area contributed by atoms with Crippen LogP contribution in [0.4, 0.5) is 4.79 Å². The predicted octanol–water partition coefficient (Wildman–Crippen LogP) is -0.334. The van der Waals surface area contributed by atoms with Gasteiger partial charge in [-0.05, 0) is 19.3 Å². The monoisotopic (exact) mass is 229 g/mol. The molecule has 16 heavy (non-hydrogen) atoms. The predicted molar refractivity (Wildman–Crippen MR) is 58.5 cm³/mol. The Labute approximate surface area is 94.9 Å². The Hall–Kier alpha value is -1.30. The lowest BCUT2D eigenvalue weighted by Crippen LogP contribution is -2.47. The van der Waals surface area contributed by atoms with Gasteiger partial charge in [-0.1, -0.05) is 0 Å². The zero-order valence-electron chi connectivity index (χ0n) is 9.68. The summed E-state index contributed by atoms with van der Waals surface area (Å²) in [5, 5.41) is 0. The minimum absolute atomic E-state index is 0.0463. The molecule has 1 saturated carbocycles. The number of rotatable bonds is 2. The third-order valence-electron chi connectivity index (χ3n) is 2.90. The minimum atomic E-state index is -0.835. The quantitative estimate of drug-likeness (QED) is 0.677. The second kappa shape index (κ2) is 5.16. The van der Waals surface area contributed by atoms with Crippen molar-refractivity contribution in [3.05, 3.63) is 0 Å². The summed E-state index contributed by atoms with van der Waals surface area (Å²) in [5.41, 5.74) is 10.8. The van der Waals surface area contributed by atoms with Crippen LogP contribution in [0, 0.1) is 5.92 Å². The SMILES string of the molecule is CN(C)C(=O)[C@H]1CC[C@H](N)[C@H](OC(N)=O)C1. The number of ether oxygens (including phenoxy) is 1. The van der Waals surface area contributed by atoms with E-state index in [0.717, 1.165) is 6.42 Å². The molecule has 4 N–H and O–H groups in total. The average Bonchev–Trinajstić information content (AvgIpc) is 2.19. The molecular formula is C10H19N3O3. The van der Waals surface area contributed by atoms with Crippen LogP contribution in [-0.2, 0) is 9.53 Å². The van der Waals surface area contributed by atoms with Crippen LogP contribution in [0.2, 0.25) is 0 Å². The number of carbonyl (C=O) groups is 2. The molecule has 1 aliphatic rings. The molecule has 1 fully saturated rings. The van der Waals surface area contributed by atoms with Gasteiger partial charge in [-0.25, -0.2) is 4.79 Å². The van der Waals surface area contributed by atoms with Crippen LogP contribution >= 0.6 is 0 Å². The number of carbonyl (C=O) groups excluding carboxylic acids is 2. The highest BCUT2D eigenvalue weighted by Crippen LogP contribution is 2.26. The molecule has 0 radical (unpaired) electrons. The van der Waals surface area contributed by atoms with Gasteiger partial charge in [-0.3, -0.25) is 4.79 Å². The molecule has 2 amide bonds. The smallest absolute Gasteiger partial charge is 0.404 e. The number of hydrogen-bond donors (Lipinski definition) is 2. The van der Waals surface area contributed by atoms with E-state index in [2.05, 4.69) is 0 Å². The van der Waals surface area contributed by atoms with E-state index in [4.69, 9.17) is 16.2 Å². The van der Waals surface area contributed by atoms with Crippen molar-refractivity contribution in [2.24, 2.45) is 17.4 Å². The molecule has 6 nitrogen and oxygen atoms in total. The first-order chi connectivity index (χ1) is 7.41.